The Bertz CT molecular complexity index is 198. The summed E-state index contributed by atoms with van der Waals surface area (Å²) >= 11 is 1.28. The van der Waals surface area contributed by atoms with Crippen LogP contribution in [0, 0.1) is 0 Å². The van der Waals surface area contributed by atoms with Crippen LogP contribution in [0.2, 0.25) is 0 Å². The summed E-state index contributed by atoms with van der Waals surface area (Å²) < 4.78 is 0. The van der Waals surface area contributed by atoms with Crippen molar-refractivity contribution in [3.63, 3.8) is 0 Å². The molecule has 1 aliphatic heterocycles. The molecule has 1 atom stereocenters. The number of thioether (sulfide) groups is 1. The lowest BCUT2D eigenvalue weighted by Crippen LogP contribution is -2.33. The predicted molar refractivity (Wildman–Crippen MR) is 44.0 cm³/mol. The highest BCUT2D eigenvalue weighted by molar-refractivity contribution is 8.16. The Kier molecular flexibility index (Phi) is 2.04. The van der Waals surface area contributed by atoms with Crippen molar-refractivity contribution in [3.8, 4) is 0 Å². The summed E-state index contributed by atoms with van der Waals surface area (Å²) in [4.78, 5) is 12.0. The first-order chi connectivity index (χ1) is 4.61. The third-order valence-electron chi connectivity index (χ3n) is 1.78. The fraction of sp³-hybridized carbons (Fsp3) is 0.571. The summed E-state index contributed by atoms with van der Waals surface area (Å²) in [5.74, 6) is 0. The minimum atomic E-state index is 0.0654. The standard InChI is InChI=1S/C7H11NOS/c1-4-5(2)8-7(9)10-6(4)3/h5H,1-3H3,(H,8,9). The average Bonchev–Trinajstić information content (AvgIpc) is 1.82. The van der Waals surface area contributed by atoms with Crippen molar-refractivity contribution < 1.29 is 4.79 Å². The van der Waals surface area contributed by atoms with Gasteiger partial charge in [-0.2, -0.15) is 0 Å². The lowest BCUT2D eigenvalue weighted by atomic mass is 10.1. The first kappa shape index (κ1) is 7.66. The normalized spacial score (nSPS) is 26.7. The van der Waals surface area contributed by atoms with Crippen LogP contribution in [0.25, 0.3) is 0 Å². The molecule has 0 bridgehead atoms. The van der Waals surface area contributed by atoms with E-state index in [-0.39, 0.29) is 11.3 Å². The molecule has 0 aromatic heterocycles. The van der Waals surface area contributed by atoms with E-state index in [1.165, 1.54) is 17.3 Å². The summed E-state index contributed by atoms with van der Waals surface area (Å²) in [5.41, 5.74) is 1.27. The third-order valence-corrected chi connectivity index (χ3v) is 2.72. The van der Waals surface area contributed by atoms with Gasteiger partial charge in [-0.15, -0.1) is 0 Å². The van der Waals surface area contributed by atoms with E-state index in [4.69, 9.17) is 0 Å². The molecule has 0 spiro atoms. The Morgan fingerprint density at radius 1 is 1.50 bits per heavy atom. The van der Waals surface area contributed by atoms with Crippen molar-refractivity contribution in [1.29, 1.82) is 0 Å². The van der Waals surface area contributed by atoms with Crippen LogP contribution >= 0.6 is 11.8 Å². The predicted octanol–water partition coefficient (Wildman–Crippen LogP) is 2.13. The van der Waals surface area contributed by atoms with Crippen LogP contribution in [0.5, 0.6) is 0 Å². The number of carbonyl (C=O) groups is 1. The van der Waals surface area contributed by atoms with Gasteiger partial charge in [-0.05, 0) is 43.0 Å². The average molecular weight is 157 g/mol. The second-order valence-electron chi connectivity index (χ2n) is 2.49. The maximum absolute atomic E-state index is 10.8. The van der Waals surface area contributed by atoms with Crippen molar-refractivity contribution in [3.05, 3.63) is 10.5 Å². The highest BCUT2D eigenvalue weighted by Gasteiger charge is 2.18. The summed E-state index contributed by atoms with van der Waals surface area (Å²) in [5, 5.41) is 2.89. The molecule has 1 N–H and O–H groups in total. The van der Waals surface area contributed by atoms with Gasteiger partial charge in [-0.3, -0.25) is 4.79 Å². The molecule has 10 heavy (non-hydrogen) atoms. The number of amides is 1. The molecule has 0 aromatic rings. The minimum absolute atomic E-state index is 0.0654. The van der Waals surface area contributed by atoms with Crippen molar-refractivity contribution in [1.82, 2.24) is 5.32 Å². The number of hydrogen-bond donors (Lipinski definition) is 1. The zero-order valence-electron chi connectivity index (χ0n) is 6.39. The highest BCUT2D eigenvalue weighted by atomic mass is 32.2. The van der Waals surface area contributed by atoms with Crippen molar-refractivity contribution in [2.24, 2.45) is 0 Å². The molecule has 0 saturated heterocycles. The second-order valence-corrected chi connectivity index (χ2v) is 3.68. The summed E-state index contributed by atoms with van der Waals surface area (Å²) in [6.45, 7) is 6.03. The third kappa shape index (κ3) is 1.34. The molecule has 1 amide bonds. The Morgan fingerprint density at radius 2 is 2.10 bits per heavy atom. The summed E-state index contributed by atoms with van der Waals surface area (Å²) in [6.07, 6.45) is 0. The molecule has 1 rings (SSSR count). The molecule has 0 radical (unpaired) electrons. The fourth-order valence-corrected chi connectivity index (χ4v) is 1.69. The molecule has 1 aliphatic rings. The van der Waals surface area contributed by atoms with E-state index in [0.717, 1.165) is 4.91 Å². The van der Waals surface area contributed by atoms with E-state index in [9.17, 15) is 4.79 Å². The maximum atomic E-state index is 10.8. The van der Waals surface area contributed by atoms with Crippen molar-refractivity contribution >= 4 is 17.0 Å². The molecule has 0 saturated carbocycles. The van der Waals surface area contributed by atoms with Gasteiger partial charge in [0.25, 0.3) is 5.24 Å². The summed E-state index contributed by atoms with van der Waals surface area (Å²) in [6, 6.07) is 0.216. The van der Waals surface area contributed by atoms with Gasteiger partial charge in [-0.1, -0.05) is 0 Å². The van der Waals surface area contributed by atoms with Crippen LogP contribution in [0.1, 0.15) is 20.8 Å². The van der Waals surface area contributed by atoms with E-state index in [2.05, 4.69) is 5.32 Å². The maximum Gasteiger partial charge on any atom is 0.284 e. The minimum Gasteiger partial charge on any atom is -0.340 e. The van der Waals surface area contributed by atoms with Crippen molar-refractivity contribution in [2.75, 3.05) is 0 Å². The Hall–Kier alpha value is -0.440. The largest absolute Gasteiger partial charge is 0.340 e. The molecule has 0 aromatic carbocycles. The van der Waals surface area contributed by atoms with Crippen LogP contribution in [-0.4, -0.2) is 11.3 Å². The van der Waals surface area contributed by atoms with Crippen LogP contribution in [0.4, 0.5) is 4.79 Å². The summed E-state index contributed by atoms with van der Waals surface area (Å²) in [7, 11) is 0. The molecule has 1 unspecified atom stereocenters. The quantitative estimate of drug-likeness (QED) is 0.583. The smallest absolute Gasteiger partial charge is 0.284 e. The van der Waals surface area contributed by atoms with E-state index < -0.39 is 0 Å². The Morgan fingerprint density at radius 3 is 2.60 bits per heavy atom. The van der Waals surface area contributed by atoms with Gasteiger partial charge in [0.2, 0.25) is 0 Å². The lowest BCUT2D eigenvalue weighted by molar-refractivity contribution is 0.259. The monoisotopic (exact) mass is 157 g/mol. The molecule has 3 heteroatoms. The number of hydrogen-bond acceptors (Lipinski definition) is 2. The molecule has 0 aliphatic carbocycles. The molecule has 2 nitrogen and oxygen atoms in total. The number of allylic oxidation sites excluding steroid dienone is 1. The van der Waals surface area contributed by atoms with Crippen LogP contribution in [0.15, 0.2) is 10.5 Å². The topological polar surface area (TPSA) is 29.1 Å². The zero-order chi connectivity index (χ0) is 7.72. The number of nitrogens with one attached hydrogen (secondary N) is 1. The van der Waals surface area contributed by atoms with Crippen LogP contribution < -0.4 is 5.32 Å². The van der Waals surface area contributed by atoms with Crippen LogP contribution in [0.3, 0.4) is 0 Å². The zero-order valence-corrected chi connectivity index (χ0v) is 7.21. The van der Waals surface area contributed by atoms with Gasteiger partial charge in [0.15, 0.2) is 0 Å². The Labute approximate surface area is 65.1 Å². The van der Waals surface area contributed by atoms with E-state index in [1.54, 1.807) is 0 Å². The van der Waals surface area contributed by atoms with Crippen molar-refractivity contribution in [2.45, 2.75) is 26.8 Å². The molecule has 56 valence electrons. The first-order valence-corrected chi connectivity index (χ1v) is 4.08. The van der Waals surface area contributed by atoms with Gasteiger partial charge in [0.05, 0.1) is 0 Å². The lowest BCUT2D eigenvalue weighted by Gasteiger charge is -2.21. The van der Waals surface area contributed by atoms with Crippen LogP contribution in [-0.2, 0) is 0 Å². The van der Waals surface area contributed by atoms with Gasteiger partial charge < -0.3 is 5.32 Å². The number of rotatable bonds is 0. The van der Waals surface area contributed by atoms with Gasteiger partial charge in [0, 0.05) is 6.04 Å². The van der Waals surface area contributed by atoms with Gasteiger partial charge >= 0.3 is 0 Å². The SMILES string of the molecule is CC1=C(C)C(C)NC(=O)S1. The molecule has 1 heterocycles. The highest BCUT2D eigenvalue weighted by Crippen LogP contribution is 2.26. The van der Waals surface area contributed by atoms with E-state index >= 15 is 0 Å². The molecular formula is C7H11NOS. The van der Waals surface area contributed by atoms with E-state index in [1.807, 2.05) is 20.8 Å². The van der Waals surface area contributed by atoms with E-state index in [0.29, 0.717) is 0 Å². The first-order valence-electron chi connectivity index (χ1n) is 3.27. The molecule has 0 fully saturated rings. The van der Waals surface area contributed by atoms with Gasteiger partial charge in [-0.25, -0.2) is 0 Å². The molecular weight excluding hydrogens is 146 g/mol. The fourth-order valence-electron chi connectivity index (χ4n) is 0.839. The second kappa shape index (κ2) is 2.66. The Balaban J connectivity index is 2.84. The van der Waals surface area contributed by atoms with Gasteiger partial charge in [0.1, 0.15) is 0 Å². The number of carbonyl (C=O) groups excluding carboxylic acids is 1.